The third-order valence-corrected chi connectivity index (χ3v) is 2.27. The summed E-state index contributed by atoms with van der Waals surface area (Å²) in [4.78, 5) is 0. The average Bonchev–Trinajstić information content (AvgIpc) is 1.84. The summed E-state index contributed by atoms with van der Waals surface area (Å²) in [6, 6.07) is 0. The molecule has 2 nitrogen and oxygen atoms in total. The number of rotatable bonds is 4. The van der Waals surface area contributed by atoms with Gasteiger partial charge in [-0.25, -0.2) is 0 Å². The largest absolute Gasteiger partial charge is 0.387 e. The second-order valence-corrected chi connectivity index (χ2v) is 4.03. The van der Waals surface area contributed by atoms with E-state index >= 15 is 0 Å². The number of hydrogen-bond donors (Lipinski definition) is 2. The van der Waals surface area contributed by atoms with Crippen LogP contribution in [0.2, 0.25) is 0 Å². The second-order valence-electron chi connectivity index (χ2n) is 3.04. The van der Waals surface area contributed by atoms with Crippen LogP contribution in [0.4, 0.5) is 0 Å². The minimum Gasteiger partial charge on any atom is -0.387 e. The number of hydrogen-bond acceptors (Lipinski definition) is 2. The van der Waals surface area contributed by atoms with E-state index in [1.165, 1.54) is 0 Å². The van der Waals surface area contributed by atoms with Crippen molar-refractivity contribution in [3.63, 3.8) is 0 Å². The molecule has 0 heterocycles. The molecule has 0 amide bonds. The Morgan fingerprint density at radius 3 is 2.40 bits per heavy atom. The summed E-state index contributed by atoms with van der Waals surface area (Å²) in [7, 11) is 0. The smallest absolute Gasteiger partial charge is 0.0963 e. The third kappa shape index (κ3) is 3.11. The monoisotopic (exact) mass is 160 g/mol. The van der Waals surface area contributed by atoms with Crippen LogP contribution in [-0.2, 0) is 0 Å². The average molecular weight is 160 g/mol. The van der Waals surface area contributed by atoms with E-state index in [2.05, 4.69) is 6.26 Å². The molecule has 0 bridgehead atoms. The Labute approximate surface area is 67.1 Å². The molecule has 0 aromatic heterocycles. The van der Waals surface area contributed by atoms with Gasteiger partial charge in [-0.15, -0.1) is 0 Å². The Bertz CT molecular complexity index is 121. The fourth-order valence-electron chi connectivity index (χ4n) is 0.492. The highest BCUT2D eigenvalue weighted by molar-refractivity contribution is 7.98. The van der Waals surface area contributed by atoms with Gasteiger partial charge in [-0.1, -0.05) is 13.8 Å². The molecule has 0 saturated carbocycles. The highest BCUT2D eigenvalue weighted by Crippen LogP contribution is 2.21. The van der Waals surface area contributed by atoms with E-state index in [0.717, 1.165) is 12.2 Å². The van der Waals surface area contributed by atoms with Gasteiger partial charge in [-0.3, -0.25) is 5.41 Å². The van der Waals surface area contributed by atoms with E-state index in [4.69, 9.17) is 11.1 Å². The van der Waals surface area contributed by atoms with Crippen LogP contribution in [0.15, 0.2) is 0 Å². The number of amidine groups is 1. The topological polar surface area (TPSA) is 49.9 Å². The predicted octanol–water partition coefficient (Wildman–Crippen LogP) is 1.70. The van der Waals surface area contributed by atoms with Gasteiger partial charge in [0.2, 0.25) is 0 Å². The van der Waals surface area contributed by atoms with Crippen LogP contribution in [0.5, 0.6) is 0 Å². The summed E-state index contributed by atoms with van der Waals surface area (Å²) >= 11 is 1.79. The molecule has 0 spiro atoms. The molecule has 0 aromatic rings. The SMILES string of the molecule is CSCCC(C)(C)C(=N)N. The van der Waals surface area contributed by atoms with Crippen molar-refractivity contribution >= 4 is 17.6 Å². The molecule has 3 heteroatoms. The molecule has 0 aliphatic heterocycles. The molecule has 0 unspecified atom stereocenters. The standard InChI is InChI=1S/C7H16N2S/c1-7(2,6(8)9)4-5-10-3/h4-5H2,1-3H3,(H3,8,9). The Balaban J connectivity index is 3.75. The Hall–Kier alpha value is -0.180. The molecule has 0 fully saturated rings. The number of thioether (sulfide) groups is 1. The first-order chi connectivity index (χ1) is 4.50. The summed E-state index contributed by atoms with van der Waals surface area (Å²) in [5, 5.41) is 7.24. The van der Waals surface area contributed by atoms with Crippen LogP contribution < -0.4 is 5.73 Å². The third-order valence-electron chi connectivity index (χ3n) is 1.66. The minimum atomic E-state index is -0.108. The molecular formula is C7H16N2S. The lowest BCUT2D eigenvalue weighted by atomic mass is 9.89. The van der Waals surface area contributed by atoms with E-state index in [0.29, 0.717) is 5.84 Å². The maximum absolute atomic E-state index is 7.24. The molecule has 0 aliphatic rings. The minimum absolute atomic E-state index is 0.108. The zero-order valence-corrected chi connectivity index (χ0v) is 7.72. The first-order valence-corrected chi connectivity index (χ1v) is 4.73. The van der Waals surface area contributed by atoms with Gasteiger partial charge in [0.15, 0.2) is 0 Å². The summed E-state index contributed by atoms with van der Waals surface area (Å²) in [6.07, 6.45) is 3.06. The van der Waals surface area contributed by atoms with Crippen molar-refractivity contribution in [3.8, 4) is 0 Å². The summed E-state index contributed by atoms with van der Waals surface area (Å²) in [5.74, 6) is 1.37. The van der Waals surface area contributed by atoms with Gasteiger partial charge in [0.1, 0.15) is 0 Å². The van der Waals surface area contributed by atoms with E-state index in [9.17, 15) is 0 Å². The number of nitrogens with two attached hydrogens (primary N) is 1. The zero-order valence-electron chi connectivity index (χ0n) is 6.90. The van der Waals surface area contributed by atoms with E-state index < -0.39 is 0 Å². The van der Waals surface area contributed by atoms with Gasteiger partial charge in [0.05, 0.1) is 5.84 Å². The van der Waals surface area contributed by atoms with Gasteiger partial charge in [-0.2, -0.15) is 11.8 Å². The fraction of sp³-hybridized carbons (Fsp3) is 0.857. The maximum Gasteiger partial charge on any atom is 0.0963 e. The molecule has 60 valence electrons. The molecular weight excluding hydrogens is 144 g/mol. The molecule has 0 atom stereocenters. The second kappa shape index (κ2) is 3.86. The fourth-order valence-corrected chi connectivity index (χ4v) is 1.21. The lowest BCUT2D eigenvalue weighted by molar-refractivity contribution is 0.500. The van der Waals surface area contributed by atoms with Crippen LogP contribution in [0.25, 0.3) is 0 Å². The normalized spacial score (nSPS) is 11.5. The summed E-state index contributed by atoms with van der Waals surface area (Å²) in [5.41, 5.74) is 5.28. The molecule has 0 radical (unpaired) electrons. The van der Waals surface area contributed by atoms with Gasteiger partial charge >= 0.3 is 0 Å². The molecule has 0 aromatic carbocycles. The van der Waals surface area contributed by atoms with Crippen molar-refractivity contribution in [2.24, 2.45) is 11.1 Å². The van der Waals surface area contributed by atoms with Crippen LogP contribution >= 0.6 is 11.8 Å². The summed E-state index contributed by atoms with van der Waals surface area (Å²) < 4.78 is 0. The Kier molecular flexibility index (Phi) is 3.79. The van der Waals surface area contributed by atoms with E-state index in [1.807, 2.05) is 13.8 Å². The van der Waals surface area contributed by atoms with Crippen molar-refractivity contribution in [2.45, 2.75) is 20.3 Å². The van der Waals surface area contributed by atoms with Crippen LogP contribution in [0, 0.1) is 10.8 Å². The van der Waals surface area contributed by atoms with E-state index in [-0.39, 0.29) is 5.41 Å². The lowest BCUT2D eigenvalue weighted by Crippen LogP contribution is -2.31. The lowest BCUT2D eigenvalue weighted by Gasteiger charge is -2.21. The molecule has 0 aliphatic carbocycles. The Morgan fingerprint density at radius 1 is 1.60 bits per heavy atom. The molecule has 0 saturated heterocycles. The quantitative estimate of drug-likeness (QED) is 0.486. The van der Waals surface area contributed by atoms with Crippen molar-refractivity contribution in [1.29, 1.82) is 5.41 Å². The highest BCUT2D eigenvalue weighted by atomic mass is 32.2. The van der Waals surface area contributed by atoms with Crippen molar-refractivity contribution < 1.29 is 0 Å². The first-order valence-electron chi connectivity index (χ1n) is 3.34. The van der Waals surface area contributed by atoms with Crippen LogP contribution in [0.1, 0.15) is 20.3 Å². The van der Waals surface area contributed by atoms with Crippen molar-refractivity contribution in [2.75, 3.05) is 12.0 Å². The van der Waals surface area contributed by atoms with Crippen molar-refractivity contribution in [3.05, 3.63) is 0 Å². The maximum atomic E-state index is 7.24. The van der Waals surface area contributed by atoms with Gasteiger partial charge in [0, 0.05) is 5.41 Å². The molecule has 0 rings (SSSR count). The van der Waals surface area contributed by atoms with Gasteiger partial charge in [0.25, 0.3) is 0 Å². The Morgan fingerprint density at radius 2 is 2.10 bits per heavy atom. The predicted molar refractivity (Wildman–Crippen MR) is 48.7 cm³/mol. The number of nitrogens with one attached hydrogen (secondary N) is 1. The summed E-state index contributed by atoms with van der Waals surface area (Å²) in [6.45, 7) is 4.01. The van der Waals surface area contributed by atoms with Gasteiger partial charge in [-0.05, 0) is 18.4 Å². The zero-order chi connectivity index (χ0) is 8.20. The van der Waals surface area contributed by atoms with Crippen LogP contribution in [0.3, 0.4) is 0 Å². The van der Waals surface area contributed by atoms with Crippen molar-refractivity contribution in [1.82, 2.24) is 0 Å². The molecule has 3 N–H and O–H groups in total. The first kappa shape index (κ1) is 9.82. The van der Waals surface area contributed by atoms with E-state index in [1.54, 1.807) is 11.8 Å². The van der Waals surface area contributed by atoms with Gasteiger partial charge < -0.3 is 5.73 Å². The van der Waals surface area contributed by atoms with Crippen LogP contribution in [-0.4, -0.2) is 17.8 Å². The molecule has 10 heavy (non-hydrogen) atoms. The highest BCUT2D eigenvalue weighted by Gasteiger charge is 2.20.